The standard InChI is InChI=1S/C14H18ClNOS/c1-10(5-6-13-4-3-7-17-13)16-11(2)12-8-14(15)18-9-12/h3-4,7-11,16H,5-6H2,1-2H3. The molecule has 0 spiro atoms. The highest BCUT2D eigenvalue weighted by atomic mass is 35.5. The number of hydrogen-bond donors (Lipinski definition) is 1. The Morgan fingerprint density at radius 1 is 1.44 bits per heavy atom. The van der Waals surface area contributed by atoms with Gasteiger partial charge in [0.05, 0.1) is 10.6 Å². The van der Waals surface area contributed by atoms with Gasteiger partial charge in [-0.05, 0) is 49.4 Å². The molecule has 0 saturated carbocycles. The van der Waals surface area contributed by atoms with Gasteiger partial charge in [0.2, 0.25) is 0 Å². The number of nitrogens with one attached hydrogen (secondary N) is 1. The summed E-state index contributed by atoms with van der Waals surface area (Å²) >= 11 is 7.53. The average Bonchev–Trinajstić information content (AvgIpc) is 2.97. The largest absolute Gasteiger partial charge is 0.469 e. The molecule has 18 heavy (non-hydrogen) atoms. The van der Waals surface area contributed by atoms with E-state index in [1.54, 1.807) is 17.6 Å². The van der Waals surface area contributed by atoms with Gasteiger partial charge in [0.15, 0.2) is 0 Å². The lowest BCUT2D eigenvalue weighted by Crippen LogP contribution is -2.29. The van der Waals surface area contributed by atoms with E-state index < -0.39 is 0 Å². The molecule has 0 aromatic carbocycles. The number of thiophene rings is 1. The normalized spacial score (nSPS) is 14.6. The summed E-state index contributed by atoms with van der Waals surface area (Å²) in [6.07, 6.45) is 3.76. The predicted molar refractivity (Wildman–Crippen MR) is 77.4 cm³/mol. The highest BCUT2D eigenvalue weighted by Crippen LogP contribution is 2.25. The molecule has 2 aromatic rings. The van der Waals surface area contributed by atoms with Crippen LogP contribution in [0.1, 0.15) is 37.6 Å². The van der Waals surface area contributed by atoms with Gasteiger partial charge in [0.25, 0.3) is 0 Å². The molecule has 4 heteroatoms. The van der Waals surface area contributed by atoms with E-state index in [2.05, 4.69) is 24.5 Å². The Balaban J connectivity index is 1.78. The fourth-order valence-corrected chi connectivity index (χ4v) is 2.95. The molecule has 2 heterocycles. The van der Waals surface area contributed by atoms with Crippen molar-refractivity contribution in [3.05, 3.63) is 45.5 Å². The second kappa shape index (κ2) is 6.41. The van der Waals surface area contributed by atoms with Crippen molar-refractivity contribution in [2.75, 3.05) is 0 Å². The van der Waals surface area contributed by atoms with E-state index >= 15 is 0 Å². The average molecular weight is 284 g/mol. The third-order valence-corrected chi connectivity index (χ3v) is 4.14. The van der Waals surface area contributed by atoms with Crippen LogP contribution in [0.25, 0.3) is 0 Å². The summed E-state index contributed by atoms with van der Waals surface area (Å²) < 4.78 is 6.18. The van der Waals surface area contributed by atoms with Gasteiger partial charge in [-0.25, -0.2) is 0 Å². The fourth-order valence-electron chi connectivity index (χ4n) is 1.97. The molecule has 2 nitrogen and oxygen atoms in total. The fraction of sp³-hybridized carbons (Fsp3) is 0.429. The Morgan fingerprint density at radius 3 is 2.89 bits per heavy atom. The Bertz CT molecular complexity index is 466. The maximum absolute atomic E-state index is 5.95. The first-order chi connectivity index (χ1) is 8.65. The van der Waals surface area contributed by atoms with Crippen molar-refractivity contribution >= 4 is 22.9 Å². The Labute approximate surface area is 117 Å². The molecule has 0 aliphatic rings. The molecule has 0 radical (unpaired) electrons. The minimum absolute atomic E-state index is 0.334. The molecular weight excluding hydrogens is 266 g/mol. The van der Waals surface area contributed by atoms with Gasteiger partial charge in [-0.2, -0.15) is 0 Å². The lowest BCUT2D eigenvalue weighted by atomic mass is 10.1. The van der Waals surface area contributed by atoms with Crippen LogP contribution in [0.2, 0.25) is 4.34 Å². The van der Waals surface area contributed by atoms with E-state index in [1.165, 1.54) is 5.56 Å². The van der Waals surface area contributed by atoms with Crippen molar-refractivity contribution in [2.45, 2.75) is 38.8 Å². The number of rotatable bonds is 6. The Kier molecular flexibility index (Phi) is 4.87. The van der Waals surface area contributed by atoms with Gasteiger partial charge < -0.3 is 9.73 Å². The minimum atomic E-state index is 0.334. The van der Waals surface area contributed by atoms with Gasteiger partial charge in [0.1, 0.15) is 5.76 Å². The lowest BCUT2D eigenvalue weighted by molar-refractivity contribution is 0.431. The molecule has 98 valence electrons. The van der Waals surface area contributed by atoms with Crippen molar-refractivity contribution in [3.63, 3.8) is 0 Å². The molecule has 2 aromatic heterocycles. The highest BCUT2D eigenvalue weighted by molar-refractivity contribution is 7.14. The zero-order valence-electron chi connectivity index (χ0n) is 10.7. The van der Waals surface area contributed by atoms with E-state index in [0.717, 1.165) is 22.9 Å². The third kappa shape index (κ3) is 3.87. The van der Waals surface area contributed by atoms with Crippen LogP contribution >= 0.6 is 22.9 Å². The number of furan rings is 1. The van der Waals surface area contributed by atoms with Crippen LogP contribution in [0, 0.1) is 0 Å². The van der Waals surface area contributed by atoms with Gasteiger partial charge in [-0.1, -0.05) is 11.6 Å². The van der Waals surface area contributed by atoms with Gasteiger partial charge in [-0.3, -0.25) is 0 Å². The monoisotopic (exact) mass is 283 g/mol. The quantitative estimate of drug-likeness (QED) is 0.834. The summed E-state index contributed by atoms with van der Waals surface area (Å²) in [5.74, 6) is 1.05. The van der Waals surface area contributed by atoms with Crippen LogP contribution in [0.3, 0.4) is 0 Å². The lowest BCUT2D eigenvalue weighted by Gasteiger charge is -2.19. The molecule has 2 rings (SSSR count). The summed E-state index contributed by atoms with van der Waals surface area (Å²) in [6, 6.07) is 6.77. The third-order valence-electron chi connectivity index (χ3n) is 3.03. The number of halogens is 1. The number of hydrogen-bond acceptors (Lipinski definition) is 3. The summed E-state index contributed by atoms with van der Waals surface area (Å²) in [5, 5.41) is 5.69. The summed E-state index contributed by atoms with van der Waals surface area (Å²) in [5.41, 5.74) is 1.26. The predicted octanol–water partition coefficient (Wildman–Crippen LogP) is 4.67. The molecule has 0 aliphatic heterocycles. The van der Waals surface area contributed by atoms with Crippen LogP contribution in [0.15, 0.2) is 34.3 Å². The topological polar surface area (TPSA) is 25.2 Å². The Morgan fingerprint density at radius 2 is 2.28 bits per heavy atom. The van der Waals surface area contributed by atoms with Gasteiger partial charge in [-0.15, -0.1) is 11.3 Å². The van der Waals surface area contributed by atoms with Crippen molar-refractivity contribution in [3.8, 4) is 0 Å². The molecule has 0 bridgehead atoms. The van der Waals surface area contributed by atoms with E-state index in [-0.39, 0.29) is 0 Å². The van der Waals surface area contributed by atoms with Crippen molar-refractivity contribution in [1.82, 2.24) is 5.32 Å². The van der Waals surface area contributed by atoms with E-state index in [4.69, 9.17) is 16.0 Å². The van der Waals surface area contributed by atoms with Crippen LogP contribution < -0.4 is 5.32 Å². The minimum Gasteiger partial charge on any atom is -0.469 e. The van der Waals surface area contributed by atoms with E-state index in [0.29, 0.717) is 12.1 Å². The molecule has 0 fully saturated rings. The first kappa shape index (κ1) is 13.7. The second-order valence-electron chi connectivity index (χ2n) is 4.59. The SMILES string of the molecule is CC(CCc1ccco1)NC(C)c1csc(Cl)c1. The van der Waals surface area contributed by atoms with Crippen LogP contribution in [-0.4, -0.2) is 6.04 Å². The summed E-state index contributed by atoms with van der Waals surface area (Å²) in [4.78, 5) is 0. The summed E-state index contributed by atoms with van der Waals surface area (Å²) in [7, 11) is 0. The summed E-state index contributed by atoms with van der Waals surface area (Å²) in [6.45, 7) is 4.37. The molecule has 0 aliphatic carbocycles. The first-order valence-electron chi connectivity index (χ1n) is 6.17. The maximum Gasteiger partial charge on any atom is 0.103 e. The molecule has 1 N–H and O–H groups in total. The van der Waals surface area contributed by atoms with Crippen LogP contribution in [-0.2, 0) is 6.42 Å². The Hall–Kier alpha value is -0.770. The molecule has 0 saturated heterocycles. The first-order valence-corrected chi connectivity index (χ1v) is 7.43. The molecule has 2 atom stereocenters. The van der Waals surface area contributed by atoms with Crippen molar-refractivity contribution in [1.29, 1.82) is 0 Å². The van der Waals surface area contributed by atoms with Gasteiger partial charge in [0, 0.05) is 18.5 Å². The smallest absolute Gasteiger partial charge is 0.103 e. The zero-order chi connectivity index (χ0) is 13.0. The van der Waals surface area contributed by atoms with E-state index in [1.807, 2.05) is 18.2 Å². The molecular formula is C14H18ClNOS. The highest BCUT2D eigenvalue weighted by Gasteiger charge is 2.11. The van der Waals surface area contributed by atoms with Crippen molar-refractivity contribution < 1.29 is 4.42 Å². The van der Waals surface area contributed by atoms with Crippen molar-refractivity contribution in [2.24, 2.45) is 0 Å². The molecule has 0 amide bonds. The van der Waals surface area contributed by atoms with E-state index in [9.17, 15) is 0 Å². The molecule has 2 unspecified atom stereocenters. The zero-order valence-corrected chi connectivity index (χ0v) is 12.2. The number of aryl methyl sites for hydroxylation is 1. The second-order valence-corrected chi connectivity index (χ2v) is 6.13. The van der Waals surface area contributed by atoms with Gasteiger partial charge >= 0.3 is 0 Å². The maximum atomic E-state index is 5.95. The van der Waals surface area contributed by atoms with Crippen LogP contribution in [0.4, 0.5) is 0 Å². The van der Waals surface area contributed by atoms with Crippen LogP contribution in [0.5, 0.6) is 0 Å².